The zero-order valence-electron chi connectivity index (χ0n) is 17.3. The quantitative estimate of drug-likeness (QED) is 0.289. The van der Waals surface area contributed by atoms with Crippen molar-refractivity contribution in [1.82, 2.24) is 16.1 Å². The highest BCUT2D eigenvalue weighted by atomic mass is 16.5. The van der Waals surface area contributed by atoms with Crippen LogP contribution in [0.25, 0.3) is 0 Å². The third-order valence-corrected chi connectivity index (χ3v) is 4.90. The van der Waals surface area contributed by atoms with E-state index in [1.807, 2.05) is 0 Å². The van der Waals surface area contributed by atoms with Crippen LogP contribution in [0.1, 0.15) is 31.2 Å². The van der Waals surface area contributed by atoms with Crippen molar-refractivity contribution in [1.29, 1.82) is 0 Å². The number of rotatable bonds is 9. The Morgan fingerprint density at radius 1 is 0.968 bits per heavy atom. The van der Waals surface area contributed by atoms with E-state index in [1.165, 1.54) is 6.21 Å². The lowest BCUT2D eigenvalue weighted by atomic mass is 10.2. The minimum atomic E-state index is -0.844. The van der Waals surface area contributed by atoms with Crippen LogP contribution in [0.5, 0.6) is 5.75 Å². The van der Waals surface area contributed by atoms with Gasteiger partial charge in [0, 0.05) is 26.3 Å². The predicted octanol–water partition coefficient (Wildman–Crippen LogP) is 0.106. The Kier molecular flexibility index (Phi) is 8.80. The summed E-state index contributed by atoms with van der Waals surface area (Å²) in [5, 5.41) is 9.09. The van der Waals surface area contributed by atoms with E-state index in [4.69, 9.17) is 14.2 Å². The van der Waals surface area contributed by atoms with Crippen LogP contribution in [0.2, 0.25) is 0 Å². The third-order valence-electron chi connectivity index (χ3n) is 4.90. The van der Waals surface area contributed by atoms with Crippen molar-refractivity contribution in [3.8, 4) is 5.75 Å². The maximum Gasteiger partial charge on any atom is 0.329 e. The number of nitrogens with zero attached hydrogens (tertiary/aromatic N) is 1. The molecule has 31 heavy (non-hydrogen) atoms. The first-order chi connectivity index (χ1) is 15.1. The summed E-state index contributed by atoms with van der Waals surface area (Å²) in [5.74, 6) is -1.28. The molecule has 2 aliphatic rings. The summed E-state index contributed by atoms with van der Waals surface area (Å²) in [7, 11) is 0. The van der Waals surface area contributed by atoms with Gasteiger partial charge in [0.25, 0.3) is 5.91 Å². The van der Waals surface area contributed by atoms with Crippen LogP contribution < -0.4 is 20.8 Å². The SMILES string of the molecule is O=C(COc1ccc(/C=N\NC(=O)C(=O)NC[C@@H]2CCCO2)cc1)NC[C@H]1CCCO1. The molecular weight excluding hydrogens is 404 g/mol. The van der Waals surface area contributed by atoms with Gasteiger partial charge in [-0.2, -0.15) is 5.10 Å². The maximum absolute atomic E-state index is 11.8. The van der Waals surface area contributed by atoms with Gasteiger partial charge >= 0.3 is 11.8 Å². The van der Waals surface area contributed by atoms with Crippen LogP contribution in [-0.4, -0.2) is 69.1 Å². The summed E-state index contributed by atoms with van der Waals surface area (Å²) in [6.07, 6.45) is 5.29. The largest absolute Gasteiger partial charge is 0.484 e. The molecule has 2 heterocycles. The van der Waals surface area contributed by atoms with Crippen molar-refractivity contribution in [2.45, 2.75) is 37.9 Å². The molecule has 2 saturated heterocycles. The molecule has 3 amide bonds. The van der Waals surface area contributed by atoms with Gasteiger partial charge in [-0.05, 0) is 55.5 Å². The van der Waals surface area contributed by atoms with E-state index < -0.39 is 11.8 Å². The zero-order valence-corrected chi connectivity index (χ0v) is 17.3. The fraction of sp³-hybridized carbons (Fsp3) is 0.524. The van der Waals surface area contributed by atoms with Crippen LogP contribution in [0.3, 0.4) is 0 Å². The standard InChI is InChI=1S/C21H28N4O6/c26-19(22-12-17-3-1-9-29-17)14-31-16-7-5-15(6-8-16)11-24-25-21(28)20(27)23-13-18-4-2-10-30-18/h5-8,11,17-18H,1-4,9-10,12-14H2,(H,22,26)(H,23,27)(H,25,28)/b24-11-/t17-,18+/m1/s1. The first kappa shape index (κ1) is 22.7. The van der Waals surface area contributed by atoms with Crippen LogP contribution in [0.4, 0.5) is 0 Å². The lowest BCUT2D eigenvalue weighted by Gasteiger charge is -2.11. The van der Waals surface area contributed by atoms with E-state index in [0.29, 0.717) is 31.0 Å². The summed E-state index contributed by atoms with van der Waals surface area (Å²) in [4.78, 5) is 35.3. The van der Waals surface area contributed by atoms with Crippen molar-refractivity contribution in [2.24, 2.45) is 5.10 Å². The molecule has 2 aliphatic heterocycles. The van der Waals surface area contributed by atoms with E-state index in [1.54, 1.807) is 24.3 Å². The minimum Gasteiger partial charge on any atom is -0.484 e. The third kappa shape index (κ3) is 7.99. The van der Waals surface area contributed by atoms with Crippen LogP contribution in [0, 0.1) is 0 Å². The molecule has 168 valence electrons. The van der Waals surface area contributed by atoms with Gasteiger partial charge in [-0.3, -0.25) is 14.4 Å². The number of carbonyl (C=O) groups is 3. The molecule has 1 aromatic rings. The molecule has 2 fully saturated rings. The van der Waals surface area contributed by atoms with Gasteiger partial charge in [0.15, 0.2) is 6.61 Å². The first-order valence-electron chi connectivity index (χ1n) is 10.4. The first-order valence-corrected chi connectivity index (χ1v) is 10.4. The van der Waals surface area contributed by atoms with E-state index in [-0.39, 0.29) is 24.7 Å². The molecule has 0 radical (unpaired) electrons. The van der Waals surface area contributed by atoms with Gasteiger partial charge in [-0.25, -0.2) is 5.43 Å². The number of carbonyl (C=O) groups excluding carboxylic acids is 3. The maximum atomic E-state index is 11.8. The second kappa shape index (κ2) is 12.0. The number of hydrazone groups is 1. The second-order valence-electron chi connectivity index (χ2n) is 7.34. The fourth-order valence-corrected chi connectivity index (χ4v) is 3.19. The van der Waals surface area contributed by atoms with Crippen molar-refractivity contribution in [2.75, 3.05) is 32.9 Å². The highest BCUT2D eigenvalue weighted by Gasteiger charge is 2.19. The monoisotopic (exact) mass is 432 g/mol. The molecule has 10 nitrogen and oxygen atoms in total. The highest BCUT2D eigenvalue weighted by Crippen LogP contribution is 2.12. The lowest BCUT2D eigenvalue weighted by Crippen LogP contribution is -2.41. The highest BCUT2D eigenvalue weighted by molar-refractivity contribution is 6.35. The number of hydrogen-bond acceptors (Lipinski definition) is 7. The summed E-state index contributed by atoms with van der Waals surface area (Å²) in [6.45, 7) is 2.15. The molecule has 0 bridgehead atoms. The average molecular weight is 432 g/mol. The summed E-state index contributed by atoms with van der Waals surface area (Å²) in [6, 6.07) is 6.80. The Morgan fingerprint density at radius 3 is 2.23 bits per heavy atom. The number of benzene rings is 1. The lowest BCUT2D eigenvalue weighted by molar-refractivity contribution is -0.139. The normalized spacial score (nSPS) is 20.5. The average Bonchev–Trinajstić information content (AvgIpc) is 3.49. The smallest absolute Gasteiger partial charge is 0.329 e. The van der Waals surface area contributed by atoms with E-state index in [2.05, 4.69) is 21.2 Å². The molecule has 0 spiro atoms. The van der Waals surface area contributed by atoms with Crippen molar-refractivity contribution in [3.63, 3.8) is 0 Å². The minimum absolute atomic E-state index is 0.0339. The van der Waals surface area contributed by atoms with Gasteiger partial charge in [0.05, 0.1) is 18.4 Å². The molecule has 0 unspecified atom stereocenters. The zero-order chi connectivity index (χ0) is 21.9. The van der Waals surface area contributed by atoms with Gasteiger partial charge in [0.1, 0.15) is 5.75 Å². The molecule has 0 saturated carbocycles. The molecule has 0 aliphatic carbocycles. The molecule has 10 heteroatoms. The van der Waals surface area contributed by atoms with Crippen molar-refractivity contribution < 1.29 is 28.6 Å². The summed E-state index contributed by atoms with van der Waals surface area (Å²) >= 11 is 0. The molecule has 0 aromatic heterocycles. The van der Waals surface area contributed by atoms with E-state index in [0.717, 1.165) is 32.3 Å². The van der Waals surface area contributed by atoms with E-state index in [9.17, 15) is 14.4 Å². The molecule has 2 atom stereocenters. The Morgan fingerprint density at radius 2 is 1.61 bits per heavy atom. The molecular formula is C21H28N4O6. The predicted molar refractivity (Wildman–Crippen MR) is 112 cm³/mol. The van der Waals surface area contributed by atoms with Gasteiger partial charge in [-0.15, -0.1) is 0 Å². The number of nitrogens with one attached hydrogen (secondary N) is 3. The van der Waals surface area contributed by atoms with Crippen LogP contribution in [-0.2, 0) is 23.9 Å². The molecule has 3 rings (SSSR count). The van der Waals surface area contributed by atoms with Crippen molar-refractivity contribution >= 4 is 23.9 Å². The summed E-state index contributed by atoms with van der Waals surface area (Å²) in [5.41, 5.74) is 2.87. The summed E-state index contributed by atoms with van der Waals surface area (Å²) < 4.78 is 16.3. The Hall–Kier alpha value is -2.98. The second-order valence-corrected chi connectivity index (χ2v) is 7.34. The van der Waals surface area contributed by atoms with Crippen LogP contribution in [0.15, 0.2) is 29.4 Å². The van der Waals surface area contributed by atoms with E-state index >= 15 is 0 Å². The topological polar surface area (TPSA) is 127 Å². The van der Waals surface area contributed by atoms with Gasteiger partial charge in [0.2, 0.25) is 0 Å². The van der Waals surface area contributed by atoms with Gasteiger partial charge < -0.3 is 24.8 Å². The number of amides is 3. The fourth-order valence-electron chi connectivity index (χ4n) is 3.19. The Labute approximate surface area is 180 Å². The van der Waals surface area contributed by atoms with Gasteiger partial charge in [-0.1, -0.05) is 0 Å². The molecule has 3 N–H and O–H groups in total. The number of ether oxygens (including phenoxy) is 3. The van der Waals surface area contributed by atoms with Crippen LogP contribution >= 0.6 is 0 Å². The Balaban J connectivity index is 1.32. The Bertz CT molecular complexity index is 771. The van der Waals surface area contributed by atoms with Crippen molar-refractivity contribution in [3.05, 3.63) is 29.8 Å². The molecule has 1 aromatic carbocycles. The number of hydrogen-bond donors (Lipinski definition) is 3.